The largest absolute Gasteiger partial charge is 0.378 e. The number of nitrogens with one attached hydrogen (secondary N) is 2. The number of amides is 2. The molecule has 25 heavy (non-hydrogen) atoms. The Balaban J connectivity index is 1.44. The summed E-state index contributed by atoms with van der Waals surface area (Å²) in [7, 11) is 0. The van der Waals surface area contributed by atoms with Crippen LogP contribution < -0.4 is 15.5 Å². The van der Waals surface area contributed by atoms with Crippen molar-refractivity contribution in [3.8, 4) is 0 Å². The molecule has 0 radical (unpaired) electrons. The van der Waals surface area contributed by atoms with Gasteiger partial charge in [-0.3, -0.25) is 0 Å². The van der Waals surface area contributed by atoms with E-state index >= 15 is 0 Å². The van der Waals surface area contributed by atoms with Crippen molar-refractivity contribution in [3.63, 3.8) is 0 Å². The molecule has 3 rings (SSSR count). The molecule has 134 valence electrons. The van der Waals surface area contributed by atoms with Crippen molar-refractivity contribution in [2.24, 2.45) is 0 Å². The SMILES string of the molecule is CCn1cnnc1CNC(=O)NCc1ccc(N2CCOCC2)nc1. The van der Waals surface area contributed by atoms with Gasteiger partial charge in [-0.2, -0.15) is 0 Å². The fourth-order valence-corrected chi connectivity index (χ4v) is 2.58. The quantitative estimate of drug-likeness (QED) is 0.793. The molecule has 2 N–H and O–H groups in total. The van der Waals surface area contributed by atoms with E-state index < -0.39 is 0 Å². The Hall–Kier alpha value is -2.68. The number of ether oxygens (including phenoxy) is 1. The van der Waals surface area contributed by atoms with E-state index in [0.717, 1.165) is 50.1 Å². The molecular formula is C16H23N7O2. The number of aromatic nitrogens is 4. The first kappa shape index (κ1) is 17.2. The van der Waals surface area contributed by atoms with Crippen molar-refractivity contribution in [1.29, 1.82) is 0 Å². The molecule has 1 aliphatic rings. The zero-order chi connectivity index (χ0) is 17.5. The highest BCUT2D eigenvalue weighted by Crippen LogP contribution is 2.12. The number of rotatable bonds is 6. The molecule has 0 unspecified atom stereocenters. The Morgan fingerprint density at radius 1 is 1.24 bits per heavy atom. The first-order chi connectivity index (χ1) is 12.3. The summed E-state index contributed by atoms with van der Waals surface area (Å²) in [5.74, 6) is 1.67. The highest BCUT2D eigenvalue weighted by atomic mass is 16.5. The van der Waals surface area contributed by atoms with E-state index in [1.165, 1.54) is 0 Å². The third kappa shape index (κ3) is 4.66. The third-order valence-corrected chi connectivity index (χ3v) is 4.04. The van der Waals surface area contributed by atoms with Crippen molar-refractivity contribution in [1.82, 2.24) is 30.4 Å². The topological polar surface area (TPSA) is 97.2 Å². The van der Waals surface area contributed by atoms with Crippen LogP contribution in [-0.2, 0) is 24.4 Å². The Morgan fingerprint density at radius 3 is 2.76 bits per heavy atom. The van der Waals surface area contributed by atoms with E-state index in [2.05, 4.69) is 30.7 Å². The summed E-state index contributed by atoms with van der Waals surface area (Å²) < 4.78 is 7.22. The van der Waals surface area contributed by atoms with Crippen LogP contribution in [0.25, 0.3) is 0 Å². The van der Waals surface area contributed by atoms with Gasteiger partial charge < -0.3 is 24.8 Å². The maximum atomic E-state index is 11.9. The van der Waals surface area contributed by atoms with Gasteiger partial charge in [0.15, 0.2) is 5.82 Å². The molecule has 1 saturated heterocycles. The molecule has 0 aromatic carbocycles. The van der Waals surface area contributed by atoms with Gasteiger partial charge in [-0.25, -0.2) is 9.78 Å². The first-order valence-corrected chi connectivity index (χ1v) is 8.42. The number of anilines is 1. The van der Waals surface area contributed by atoms with Gasteiger partial charge in [0.1, 0.15) is 12.1 Å². The van der Waals surface area contributed by atoms with E-state index in [9.17, 15) is 4.79 Å². The maximum Gasteiger partial charge on any atom is 0.315 e. The van der Waals surface area contributed by atoms with Crippen LogP contribution in [0.15, 0.2) is 24.7 Å². The molecule has 0 atom stereocenters. The predicted octanol–water partition coefficient (Wildman–Crippen LogP) is 0.529. The zero-order valence-electron chi connectivity index (χ0n) is 14.3. The maximum absolute atomic E-state index is 11.9. The summed E-state index contributed by atoms with van der Waals surface area (Å²) in [5, 5.41) is 13.4. The van der Waals surface area contributed by atoms with Crippen LogP contribution in [0.5, 0.6) is 0 Å². The highest BCUT2D eigenvalue weighted by Gasteiger charge is 2.12. The number of pyridine rings is 1. The Kier molecular flexibility index (Phi) is 5.78. The number of aryl methyl sites for hydroxylation is 1. The third-order valence-electron chi connectivity index (χ3n) is 4.04. The second-order valence-electron chi connectivity index (χ2n) is 5.69. The zero-order valence-corrected chi connectivity index (χ0v) is 14.3. The Morgan fingerprint density at radius 2 is 2.04 bits per heavy atom. The molecular weight excluding hydrogens is 322 g/mol. The highest BCUT2D eigenvalue weighted by molar-refractivity contribution is 5.73. The predicted molar refractivity (Wildman–Crippen MR) is 92.0 cm³/mol. The smallest absolute Gasteiger partial charge is 0.315 e. The van der Waals surface area contributed by atoms with E-state index in [1.807, 2.05) is 23.6 Å². The average Bonchev–Trinajstić information content (AvgIpc) is 3.13. The molecule has 2 amide bonds. The number of hydrogen-bond donors (Lipinski definition) is 2. The van der Waals surface area contributed by atoms with Crippen LogP contribution in [0.4, 0.5) is 10.6 Å². The molecule has 2 aromatic heterocycles. The van der Waals surface area contributed by atoms with Gasteiger partial charge in [0.05, 0.1) is 19.8 Å². The van der Waals surface area contributed by atoms with Crippen molar-refractivity contribution in [3.05, 3.63) is 36.0 Å². The minimum Gasteiger partial charge on any atom is -0.378 e. The van der Waals surface area contributed by atoms with E-state index in [4.69, 9.17) is 4.74 Å². The van der Waals surface area contributed by atoms with Crippen molar-refractivity contribution < 1.29 is 9.53 Å². The van der Waals surface area contributed by atoms with Gasteiger partial charge in [0.25, 0.3) is 0 Å². The van der Waals surface area contributed by atoms with Crippen LogP contribution in [0.2, 0.25) is 0 Å². The molecule has 3 heterocycles. The number of nitrogens with zero attached hydrogens (tertiary/aromatic N) is 5. The first-order valence-electron chi connectivity index (χ1n) is 8.42. The van der Waals surface area contributed by atoms with Crippen LogP contribution in [0.3, 0.4) is 0 Å². The monoisotopic (exact) mass is 345 g/mol. The van der Waals surface area contributed by atoms with Gasteiger partial charge in [-0.15, -0.1) is 10.2 Å². The van der Waals surface area contributed by atoms with Gasteiger partial charge >= 0.3 is 6.03 Å². The summed E-state index contributed by atoms with van der Waals surface area (Å²) in [6.45, 7) is 6.71. The lowest BCUT2D eigenvalue weighted by atomic mass is 10.2. The summed E-state index contributed by atoms with van der Waals surface area (Å²) in [4.78, 5) is 18.6. The van der Waals surface area contributed by atoms with E-state index in [1.54, 1.807) is 12.5 Å². The normalized spacial score (nSPS) is 14.4. The van der Waals surface area contributed by atoms with Crippen LogP contribution >= 0.6 is 0 Å². The van der Waals surface area contributed by atoms with Gasteiger partial charge in [-0.1, -0.05) is 6.07 Å². The lowest BCUT2D eigenvalue weighted by Crippen LogP contribution is -2.37. The van der Waals surface area contributed by atoms with Crippen molar-refractivity contribution in [2.75, 3.05) is 31.2 Å². The summed E-state index contributed by atoms with van der Waals surface area (Å²) in [6.07, 6.45) is 3.44. The number of carbonyl (C=O) groups is 1. The Bertz CT molecular complexity index is 680. The van der Waals surface area contributed by atoms with Gasteiger partial charge in [-0.05, 0) is 18.6 Å². The van der Waals surface area contributed by atoms with Gasteiger partial charge in [0.2, 0.25) is 0 Å². The molecule has 0 saturated carbocycles. The fraction of sp³-hybridized carbons (Fsp3) is 0.500. The fourth-order valence-electron chi connectivity index (χ4n) is 2.58. The number of morpholine rings is 1. The summed E-state index contributed by atoms with van der Waals surface area (Å²) in [6, 6.07) is 3.71. The molecule has 1 aliphatic heterocycles. The molecule has 2 aromatic rings. The molecule has 0 spiro atoms. The minimum absolute atomic E-state index is 0.247. The molecule has 0 aliphatic carbocycles. The number of urea groups is 1. The Labute approximate surface area is 146 Å². The van der Waals surface area contributed by atoms with Crippen LogP contribution in [0.1, 0.15) is 18.3 Å². The molecule has 0 bridgehead atoms. The van der Waals surface area contributed by atoms with Crippen molar-refractivity contribution in [2.45, 2.75) is 26.6 Å². The van der Waals surface area contributed by atoms with E-state index in [0.29, 0.717) is 13.1 Å². The van der Waals surface area contributed by atoms with Crippen LogP contribution in [-0.4, -0.2) is 52.1 Å². The number of carbonyl (C=O) groups excluding carboxylic acids is 1. The average molecular weight is 345 g/mol. The van der Waals surface area contributed by atoms with E-state index in [-0.39, 0.29) is 6.03 Å². The molecule has 1 fully saturated rings. The second-order valence-corrected chi connectivity index (χ2v) is 5.69. The van der Waals surface area contributed by atoms with Gasteiger partial charge in [0, 0.05) is 32.4 Å². The number of hydrogen-bond acceptors (Lipinski definition) is 6. The lowest BCUT2D eigenvalue weighted by molar-refractivity contribution is 0.122. The van der Waals surface area contributed by atoms with Crippen molar-refractivity contribution >= 4 is 11.8 Å². The second kappa shape index (κ2) is 8.43. The molecule has 9 nitrogen and oxygen atoms in total. The lowest BCUT2D eigenvalue weighted by Gasteiger charge is -2.27. The minimum atomic E-state index is -0.247. The standard InChI is InChI=1S/C16H23N7O2/c1-2-22-12-20-21-15(22)11-19-16(24)18-10-13-3-4-14(17-9-13)23-5-7-25-8-6-23/h3-4,9,12H,2,5-8,10-11H2,1H3,(H2,18,19,24). The van der Waals surface area contributed by atoms with Crippen LogP contribution in [0, 0.1) is 0 Å². The summed E-state index contributed by atoms with van der Waals surface area (Å²) >= 11 is 0. The summed E-state index contributed by atoms with van der Waals surface area (Å²) in [5.41, 5.74) is 0.948. The molecule has 9 heteroatoms.